The van der Waals surface area contributed by atoms with Gasteiger partial charge in [0.2, 0.25) is 0 Å². The minimum absolute atomic E-state index is 0.0464. The summed E-state index contributed by atoms with van der Waals surface area (Å²) in [5, 5.41) is 6.63. The lowest BCUT2D eigenvalue weighted by molar-refractivity contribution is -0.186. The van der Waals surface area contributed by atoms with Crippen molar-refractivity contribution in [3.05, 3.63) is 70.3 Å². The number of hydrogen-bond acceptors (Lipinski definition) is 5. The number of nitrogens with zero attached hydrogens (tertiary/aromatic N) is 3. The molecule has 0 aromatic heterocycles. The van der Waals surface area contributed by atoms with Crippen molar-refractivity contribution in [3.8, 4) is 0 Å². The highest BCUT2D eigenvalue weighted by Crippen LogP contribution is 2.35. The number of aryl methyl sites for hydroxylation is 3. The van der Waals surface area contributed by atoms with Gasteiger partial charge in [-0.05, 0) is 38.0 Å². The lowest BCUT2D eigenvalue weighted by Gasteiger charge is -2.37. The summed E-state index contributed by atoms with van der Waals surface area (Å²) in [6, 6.07) is 14.8. The number of ether oxygens (including phenoxy) is 2. The Labute approximate surface area is 196 Å². The van der Waals surface area contributed by atoms with Gasteiger partial charge < -0.3 is 9.47 Å². The predicted molar refractivity (Wildman–Crippen MR) is 128 cm³/mol. The second-order valence-corrected chi connectivity index (χ2v) is 9.62. The summed E-state index contributed by atoms with van der Waals surface area (Å²) in [6.07, 6.45) is 2.33. The van der Waals surface area contributed by atoms with Crippen LogP contribution in [0.25, 0.3) is 0 Å². The van der Waals surface area contributed by atoms with E-state index in [1.807, 2.05) is 0 Å². The second kappa shape index (κ2) is 9.01. The van der Waals surface area contributed by atoms with Crippen molar-refractivity contribution < 1.29 is 14.3 Å². The van der Waals surface area contributed by atoms with Crippen LogP contribution in [0.2, 0.25) is 0 Å². The number of carbonyl (C=O) groups is 1. The van der Waals surface area contributed by atoms with Gasteiger partial charge in [0.1, 0.15) is 0 Å². The third-order valence-electron chi connectivity index (χ3n) is 7.12. The first-order chi connectivity index (χ1) is 15.9. The monoisotopic (exact) mass is 447 g/mol. The fraction of sp³-hybridized carbons (Fsp3) is 0.481. The molecule has 6 heteroatoms. The van der Waals surface area contributed by atoms with Gasteiger partial charge in [-0.25, -0.2) is 5.01 Å². The Morgan fingerprint density at radius 3 is 2.36 bits per heavy atom. The van der Waals surface area contributed by atoms with Crippen LogP contribution in [-0.4, -0.2) is 60.2 Å². The Morgan fingerprint density at radius 2 is 1.67 bits per heavy atom. The molecular formula is C27H33N3O3. The van der Waals surface area contributed by atoms with Crippen molar-refractivity contribution in [2.45, 2.75) is 51.9 Å². The van der Waals surface area contributed by atoms with E-state index >= 15 is 0 Å². The zero-order valence-corrected chi connectivity index (χ0v) is 19.8. The Morgan fingerprint density at radius 1 is 1.00 bits per heavy atom. The van der Waals surface area contributed by atoms with E-state index in [0.717, 1.165) is 49.2 Å². The molecule has 3 aliphatic heterocycles. The predicted octanol–water partition coefficient (Wildman–Crippen LogP) is 4.13. The lowest BCUT2D eigenvalue weighted by atomic mass is 9.94. The fourth-order valence-corrected chi connectivity index (χ4v) is 5.10. The topological polar surface area (TPSA) is 54.4 Å². The van der Waals surface area contributed by atoms with Crippen molar-refractivity contribution in [3.63, 3.8) is 0 Å². The smallest absolute Gasteiger partial charge is 0.257 e. The number of carbonyl (C=O) groups excluding carboxylic acids is 1. The van der Waals surface area contributed by atoms with E-state index < -0.39 is 5.79 Å². The Balaban J connectivity index is 1.36. The molecule has 6 nitrogen and oxygen atoms in total. The molecule has 0 radical (unpaired) electrons. The van der Waals surface area contributed by atoms with Crippen molar-refractivity contribution in [2.24, 2.45) is 5.10 Å². The first-order valence-electron chi connectivity index (χ1n) is 12.0. The van der Waals surface area contributed by atoms with E-state index in [1.54, 1.807) is 5.01 Å². The third-order valence-corrected chi connectivity index (χ3v) is 7.12. The van der Waals surface area contributed by atoms with Gasteiger partial charge in [-0.1, -0.05) is 47.5 Å². The van der Waals surface area contributed by atoms with E-state index in [1.165, 1.54) is 16.7 Å². The molecule has 2 saturated heterocycles. The van der Waals surface area contributed by atoms with Gasteiger partial charge in [-0.3, -0.25) is 9.69 Å². The van der Waals surface area contributed by atoms with Crippen LogP contribution in [0, 0.1) is 20.8 Å². The molecule has 5 rings (SSSR count). The maximum Gasteiger partial charge on any atom is 0.257 e. The van der Waals surface area contributed by atoms with Gasteiger partial charge in [0, 0.05) is 37.9 Å². The van der Waals surface area contributed by atoms with E-state index in [4.69, 9.17) is 14.6 Å². The summed E-state index contributed by atoms with van der Waals surface area (Å²) >= 11 is 0. The summed E-state index contributed by atoms with van der Waals surface area (Å²) in [6.45, 7) is 9.58. The van der Waals surface area contributed by atoms with Gasteiger partial charge >= 0.3 is 0 Å². The summed E-state index contributed by atoms with van der Waals surface area (Å²) < 4.78 is 11.7. The minimum atomic E-state index is -0.425. The van der Waals surface area contributed by atoms with Crippen LogP contribution in [0.3, 0.4) is 0 Å². The largest absolute Gasteiger partial charge is 0.347 e. The Hall–Kier alpha value is -2.54. The standard InChI is InChI=1S/C27H33N3O3/c1-19-5-8-22(9-6-19)25-17-24(23-16-20(2)4-7-21(23)3)28-30(25)26(31)18-29-12-10-27(11-13-29)32-14-15-33-27/h4-9,16,25H,10-15,17-18H2,1-3H3/t25-/m0/s1. The Bertz CT molecular complexity index is 1050. The number of amides is 1. The highest BCUT2D eigenvalue weighted by molar-refractivity contribution is 6.04. The van der Waals surface area contributed by atoms with Crippen LogP contribution < -0.4 is 0 Å². The van der Waals surface area contributed by atoms with Gasteiger partial charge in [-0.15, -0.1) is 0 Å². The minimum Gasteiger partial charge on any atom is -0.347 e. The maximum absolute atomic E-state index is 13.5. The molecule has 2 fully saturated rings. The van der Waals surface area contributed by atoms with Crippen LogP contribution >= 0.6 is 0 Å². The second-order valence-electron chi connectivity index (χ2n) is 9.62. The molecule has 2 aromatic rings. The van der Waals surface area contributed by atoms with Crippen LogP contribution in [-0.2, 0) is 14.3 Å². The third kappa shape index (κ3) is 4.60. The molecule has 3 aliphatic rings. The number of likely N-dealkylation sites (tertiary alicyclic amines) is 1. The maximum atomic E-state index is 13.5. The molecule has 0 bridgehead atoms. The lowest BCUT2D eigenvalue weighted by Crippen LogP contribution is -2.48. The van der Waals surface area contributed by atoms with Crippen LogP contribution in [0.5, 0.6) is 0 Å². The molecule has 0 N–H and O–H groups in total. The molecule has 0 saturated carbocycles. The highest BCUT2D eigenvalue weighted by atomic mass is 16.7. The summed E-state index contributed by atoms with van der Waals surface area (Å²) in [7, 11) is 0. The van der Waals surface area contributed by atoms with E-state index in [-0.39, 0.29) is 11.9 Å². The first-order valence-corrected chi connectivity index (χ1v) is 12.0. The number of hydrogen-bond donors (Lipinski definition) is 0. The number of hydrazone groups is 1. The van der Waals surface area contributed by atoms with Gasteiger partial charge in [0.25, 0.3) is 5.91 Å². The molecule has 2 aromatic carbocycles. The molecule has 1 amide bonds. The summed E-state index contributed by atoms with van der Waals surface area (Å²) in [5.74, 6) is -0.379. The highest BCUT2D eigenvalue weighted by Gasteiger charge is 2.41. The van der Waals surface area contributed by atoms with Crippen molar-refractivity contribution in [2.75, 3.05) is 32.8 Å². The van der Waals surface area contributed by atoms with E-state index in [0.29, 0.717) is 19.8 Å². The van der Waals surface area contributed by atoms with Crippen LogP contribution in [0.15, 0.2) is 47.6 Å². The van der Waals surface area contributed by atoms with Crippen LogP contribution in [0.4, 0.5) is 0 Å². The zero-order chi connectivity index (χ0) is 23.0. The van der Waals surface area contributed by atoms with Crippen molar-refractivity contribution in [1.82, 2.24) is 9.91 Å². The molecule has 3 heterocycles. The molecule has 1 atom stereocenters. The number of benzene rings is 2. The van der Waals surface area contributed by atoms with Crippen LogP contribution in [0.1, 0.15) is 53.1 Å². The Kier molecular flexibility index (Phi) is 6.08. The van der Waals surface area contributed by atoms with Gasteiger partial charge in [0.05, 0.1) is 31.5 Å². The summed E-state index contributed by atoms with van der Waals surface area (Å²) in [5.41, 5.74) is 6.85. The molecule has 33 heavy (non-hydrogen) atoms. The first kappa shape index (κ1) is 22.3. The molecular weight excluding hydrogens is 414 g/mol. The molecule has 1 spiro atoms. The van der Waals surface area contributed by atoms with E-state index in [9.17, 15) is 4.79 Å². The normalized spacial score (nSPS) is 22.7. The molecule has 0 unspecified atom stereocenters. The van der Waals surface area contributed by atoms with Crippen molar-refractivity contribution in [1.29, 1.82) is 0 Å². The number of rotatable bonds is 4. The molecule has 174 valence electrons. The average Bonchev–Trinajstić information content (AvgIpc) is 3.46. The van der Waals surface area contributed by atoms with Crippen molar-refractivity contribution >= 4 is 11.6 Å². The quantitative estimate of drug-likeness (QED) is 0.707. The SMILES string of the molecule is Cc1ccc([C@@H]2CC(c3cc(C)ccc3C)=NN2C(=O)CN2CCC3(CC2)OCCO3)cc1. The zero-order valence-electron chi connectivity index (χ0n) is 19.8. The molecule has 0 aliphatic carbocycles. The fourth-order valence-electron chi connectivity index (χ4n) is 5.10. The number of piperidine rings is 1. The summed E-state index contributed by atoms with van der Waals surface area (Å²) in [4.78, 5) is 15.7. The average molecular weight is 448 g/mol. The van der Waals surface area contributed by atoms with Gasteiger partial charge in [0.15, 0.2) is 5.79 Å². The van der Waals surface area contributed by atoms with E-state index in [2.05, 4.69) is 68.1 Å². The van der Waals surface area contributed by atoms with Gasteiger partial charge in [-0.2, -0.15) is 5.10 Å².